The Hall–Kier alpha value is -0.800. The third kappa shape index (κ3) is 3.26. The first-order valence-electron chi connectivity index (χ1n) is 7.38. The number of hydrogen-bond donors (Lipinski definition) is 0. The minimum Gasteiger partial charge on any atom is -0.367 e. The first-order chi connectivity index (χ1) is 9.40. The molecule has 0 radical (unpaired) electrons. The van der Waals surface area contributed by atoms with Crippen molar-refractivity contribution in [2.45, 2.75) is 39.7 Å². The molecule has 1 aliphatic heterocycles. The van der Waals surface area contributed by atoms with Gasteiger partial charge in [0.2, 0.25) is 0 Å². The first-order valence-corrected chi connectivity index (χ1v) is 7.76. The van der Waals surface area contributed by atoms with Crippen LogP contribution >= 0.6 is 11.6 Å². The summed E-state index contributed by atoms with van der Waals surface area (Å²) in [7, 11) is 0. The van der Waals surface area contributed by atoms with E-state index in [1.165, 1.54) is 0 Å². The molecule has 1 aromatic rings. The van der Waals surface area contributed by atoms with Crippen LogP contribution in [0.5, 0.6) is 0 Å². The lowest BCUT2D eigenvalue weighted by molar-refractivity contribution is 0.209. The number of rotatable bonds is 3. The molecule has 1 aromatic carbocycles. The highest BCUT2D eigenvalue weighted by molar-refractivity contribution is 6.31. The highest BCUT2D eigenvalue weighted by Crippen LogP contribution is 2.32. The second-order valence-electron chi connectivity index (χ2n) is 6.10. The largest absolute Gasteiger partial charge is 0.367 e. The van der Waals surface area contributed by atoms with Crippen LogP contribution in [0.3, 0.4) is 0 Å². The molecule has 1 heterocycles. The fraction of sp³-hybridized carbons (Fsp3) is 0.625. The molecular formula is C16H24ClFN2. The molecular weight excluding hydrogens is 275 g/mol. The molecule has 20 heavy (non-hydrogen) atoms. The lowest BCUT2D eigenvalue weighted by atomic mass is 10.0. The summed E-state index contributed by atoms with van der Waals surface area (Å²) in [5.41, 5.74) is 1.52. The van der Waals surface area contributed by atoms with Crippen molar-refractivity contribution >= 4 is 17.3 Å². The summed E-state index contributed by atoms with van der Waals surface area (Å²) in [4.78, 5) is 4.52. The quantitative estimate of drug-likeness (QED) is 0.828. The van der Waals surface area contributed by atoms with Crippen LogP contribution in [0.2, 0.25) is 5.02 Å². The van der Waals surface area contributed by atoms with Gasteiger partial charge in [-0.3, -0.25) is 4.90 Å². The zero-order chi connectivity index (χ0) is 14.9. The van der Waals surface area contributed by atoms with E-state index in [4.69, 9.17) is 11.6 Å². The lowest BCUT2D eigenvalue weighted by Gasteiger charge is -2.38. The summed E-state index contributed by atoms with van der Waals surface area (Å²) >= 11 is 6.29. The Morgan fingerprint density at radius 1 is 1.05 bits per heavy atom. The predicted octanol–water partition coefficient (Wildman–Crippen LogP) is 4.13. The minimum atomic E-state index is -0.156. The molecule has 0 bridgehead atoms. The third-order valence-corrected chi connectivity index (χ3v) is 4.40. The Labute approximate surface area is 126 Å². The highest BCUT2D eigenvalue weighted by atomic mass is 35.5. The Balaban J connectivity index is 2.16. The van der Waals surface area contributed by atoms with Gasteiger partial charge in [0.15, 0.2) is 0 Å². The van der Waals surface area contributed by atoms with E-state index in [1.54, 1.807) is 12.1 Å². The molecule has 0 unspecified atom stereocenters. The summed E-state index contributed by atoms with van der Waals surface area (Å²) in [6, 6.07) is 3.93. The molecule has 0 spiro atoms. The van der Waals surface area contributed by atoms with Gasteiger partial charge in [-0.05, 0) is 37.5 Å². The van der Waals surface area contributed by atoms with Crippen molar-refractivity contribution in [3.05, 3.63) is 28.5 Å². The molecule has 2 rings (SSSR count). The molecule has 2 nitrogen and oxygen atoms in total. The van der Waals surface area contributed by atoms with Gasteiger partial charge < -0.3 is 4.90 Å². The summed E-state index contributed by atoms with van der Waals surface area (Å²) in [5.74, 6) is 0.0833. The van der Waals surface area contributed by atoms with E-state index < -0.39 is 0 Å². The molecule has 0 saturated carbocycles. The van der Waals surface area contributed by atoms with Gasteiger partial charge >= 0.3 is 0 Å². The minimum absolute atomic E-state index is 0.156. The van der Waals surface area contributed by atoms with E-state index in [0.717, 1.165) is 31.7 Å². The maximum Gasteiger partial charge on any atom is 0.146 e. The van der Waals surface area contributed by atoms with Crippen LogP contribution in [0.15, 0.2) is 12.1 Å². The number of anilines is 1. The van der Waals surface area contributed by atoms with Gasteiger partial charge in [-0.25, -0.2) is 4.39 Å². The molecule has 0 aliphatic carbocycles. The maximum absolute atomic E-state index is 14.3. The van der Waals surface area contributed by atoms with Gasteiger partial charge in [0.25, 0.3) is 0 Å². The third-order valence-electron chi connectivity index (χ3n) is 4.07. The van der Waals surface area contributed by atoms with Gasteiger partial charge in [0.05, 0.1) is 5.69 Å². The predicted molar refractivity (Wildman–Crippen MR) is 84.4 cm³/mol. The number of benzene rings is 1. The Morgan fingerprint density at radius 3 is 2.15 bits per heavy atom. The van der Waals surface area contributed by atoms with Gasteiger partial charge in [0, 0.05) is 37.2 Å². The van der Waals surface area contributed by atoms with E-state index in [1.807, 2.05) is 13.8 Å². The molecule has 112 valence electrons. The zero-order valence-corrected chi connectivity index (χ0v) is 13.5. The zero-order valence-electron chi connectivity index (χ0n) is 12.8. The highest BCUT2D eigenvalue weighted by Gasteiger charge is 2.22. The van der Waals surface area contributed by atoms with Crippen molar-refractivity contribution in [2.24, 2.45) is 0 Å². The molecule has 0 aromatic heterocycles. The van der Waals surface area contributed by atoms with E-state index in [9.17, 15) is 4.39 Å². The number of hydrogen-bond acceptors (Lipinski definition) is 2. The van der Waals surface area contributed by atoms with Crippen molar-refractivity contribution in [3.63, 3.8) is 0 Å². The standard InChI is InChI=1S/C16H24ClFN2/c1-11(2)13-9-15(18)16(10-14(13)17)20-7-5-19(6-8-20)12(3)4/h9-12H,5-8H2,1-4H3. The average molecular weight is 299 g/mol. The van der Waals surface area contributed by atoms with Crippen LogP contribution in [-0.2, 0) is 0 Å². The maximum atomic E-state index is 14.3. The summed E-state index contributed by atoms with van der Waals surface area (Å²) in [6.07, 6.45) is 0. The van der Waals surface area contributed by atoms with Crippen molar-refractivity contribution in [1.82, 2.24) is 4.90 Å². The smallest absolute Gasteiger partial charge is 0.146 e. The molecule has 1 fully saturated rings. The van der Waals surface area contributed by atoms with E-state index in [-0.39, 0.29) is 11.7 Å². The Kier molecular flexibility index (Phi) is 4.92. The number of halogens is 2. The van der Waals surface area contributed by atoms with Crippen LogP contribution in [0.25, 0.3) is 0 Å². The van der Waals surface area contributed by atoms with Crippen LogP contribution in [0.4, 0.5) is 10.1 Å². The van der Waals surface area contributed by atoms with Crippen LogP contribution in [-0.4, -0.2) is 37.1 Å². The number of nitrogens with zero attached hydrogens (tertiary/aromatic N) is 2. The van der Waals surface area contributed by atoms with Crippen LogP contribution in [0, 0.1) is 5.82 Å². The van der Waals surface area contributed by atoms with Crippen LogP contribution in [0.1, 0.15) is 39.2 Å². The first kappa shape index (κ1) is 15.6. The number of piperazine rings is 1. The van der Waals surface area contributed by atoms with E-state index in [0.29, 0.717) is 16.8 Å². The summed E-state index contributed by atoms with van der Waals surface area (Å²) < 4.78 is 14.3. The topological polar surface area (TPSA) is 6.48 Å². The van der Waals surface area contributed by atoms with Crippen molar-refractivity contribution in [1.29, 1.82) is 0 Å². The fourth-order valence-electron chi connectivity index (χ4n) is 2.72. The second-order valence-corrected chi connectivity index (χ2v) is 6.50. The average Bonchev–Trinajstić information content (AvgIpc) is 2.40. The molecule has 0 N–H and O–H groups in total. The van der Waals surface area contributed by atoms with Gasteiger partial charge in [0.1, 0.15) is 5.82 Å². The van der Waals surface area contributed by atoms with Crippen molar-refractivity contribution in [3.8, 4) is 0 Å². The summed E-state index contributed by atoms with van der Waals surface area (Å²) in [6.45, 7) is 12.1. The monoisotopic (exact) mass is 298 g/mol. The summed E-state index contributed by atoms with van der Waals surface area (Å²) in [5, 5.41) is 0.669. The van der Waals surface area contributed by atoms with E-state index >= 15 is 0 Å². The Bertz CT molecular complexity index is 466. The van der Waals surface area contributed by atoms with Gasteiger partial charge in [-0.15, -0.1) is 0 Å². The molecule has 0 atom stereocenters. The van der Waals surface area contributed by atoms with Crippen LogP contribution < -0.4 is 4.90 Å². The van der Waals surface area contributed by atoms with Crippen molar-refractivity contribution in [2.75, 3.05) is 31.1 Å². The molecule has 1 aliphatic rings. The SMILES string of the molecule is CC(C)c1cc(F)c(N2CCN(C(C)C)CC2)cc1Cl. The van der Waals surface area contributed by atoms with Gasteiger partial charge in [-0.1, -0.05) is 25.4 Å². The molecule has 4 heteroatoms. The van der Waals surface area contributed by atoms with Gasteiger partial charge in [-0.2, -0.15) is 0 Å². The lowest BCUT2D eigenvalue weighted by Crippen LogP contribution is -2.49. The normalized spacial score (nSPS) is 17.3. The molecule has 0 amide bonds. The second kappa shape index (κ2) is 6.31. The van der Waals surface area contributed by atoms with Crippen molar-refractivity contribution < 1.29 is 4.39 Å². The van der Waals surface area contributed by atoms with E-state index in [2.05, 4.69) is 23.6 Å². The fourth-order valence-corrected chi connectivity index (χ4v) is 3.09. The molecule has 1 saturated heterocycles. The Morgan fingerprint density at radius 2 is 1.65 bits per heavy atom.